The number of anilines is 2. The quantitative estimate of drug-likeness (QED) is 0.638. The van der Waals surface area contributed by atoms with Gasteiger partial charge in [-0.05, 0) is 47.0 Å². The number of nitrogens with one attached hydrogen (secondary N) is 1. The molecule has 0 spiro atoms. The third-order valence-electron chi connectivity index (χ3n) is 4.10. The Hall–Kier alpha value is -2.41. The summed E-state index contributed by atoms with van der Waals surface area (Å²) in [5, 5.41) is 13.6. The fraction of sp³-hybridized carbons (Fsp3) is 0.235. The minimum absolute atomic E-state index is 0.0260. The van der Waals surface area contributed by atoms with Crippen LogP contribution in [-0.4, -0.2) is 23.4 Å². The lowest BCUT2D eigenvalue weighted by atomic mass is 10.1. The van der Waals surface area contributed by atoms with Crippen molar-refractivity contribution in [2.45, 2.75) is 19.4 Å². The third-order valence-corrected chi connectivity index (χ3v) is 4.76. The van der Waals surface area contributed by atoms with Gasteiger partial charge < -0.3 is 10.2 Å². The molecule has 6 nitrogen and oxygen atoms in total. The van der Waals surface area contributed by atoms with Crippen molar-refractivity contribution in [2.75, 3.05) is 16.8 Å². The van der Waals surface area contributed by atoms with Gasteiger partial charge in [0, 0.05) is 28.3 Å². The summed E-state index contributed by atoms with van der Waals surface area (Å²) in [5.41, 5.74) is 2.82. The van der Waals surface area contributed by atoms with Crippen LogP contribution in [0.25, 0.3) is 0 Å². The van der Waals surface area contributed by atoms with Crippen LogP contribution in [0.4, 0.5) is 17.1 Å². The van der Waals surface area contributed by atoms with Gasteiger partial charge in [0.2, 0.25) is 5.91 Å². The molecule has 3 rings (SSSR count). The second-order valence-electron chi connectivity index (χ2n) is 5.78. The normalized spacial score (nSPS) is 15.9. The Balaban J connectivity index is 1.71. The van der Waals surface area contributed by atoms with Gasteiger partial charge in [-0.3, -0.25) is 14.9 Å². The summed E-state index contributed by atoms with van der Waals surface area (Å²) >= 11 is 3.26. The van der Waals surface area contributed by atoms with Crippen molar-refractivity contribution >= 4 is 38.9 Å². The van der Waals surface area contributed by atoms with E-state index in [1.807, 2.05) is 18.2 Å². The number of carbonyl (C=O) groups is 1. The van der Waals surface area contributed by atoms with Gasteiger partial charge in [0.05, 0.1) is 17.2 Å². The van der Waals surface area contributed by atoms with Crippen LogP contribution in [0.15, 0.2) is 46.9 Å². The van der Waals surface area contributed by atoms with Gasteiger partial charge in [0.15, 0.2) is 0 Å². The third kappa shape index (κ3) is 3.26. The number of hydrogen-bond donors (Lipinski definition) is 1. The lowest BCUT2D eigenvalue weighted by molar-refractivity contribution is -0.384. The highest BCUT2D eigenvalue weighted by Crippen LogP contribution is 2.32. The Morgan fingerprint density at radius 3 is 2.83 bits per heavy atom. The highest BCUT2D eigenvalue weighted by Gasteiger charge is 2.27. The van der Waals surface area contributed by atoms with E-state index in [1.54, 1.807) is 0 Å². The van der Waals surface area contributed by atoms with Crippen molar-refractivity contribution in [2.24, 2.45) is 0 Å². The van der Waals surface area contributed by atoms with E-state index in [0.717, 1.165) is 12.1 Å². The number of benzene rings is 2. The fourth-order valence-electron chi connectivity index (χ4n) is 2.93. The van der Waals surface area contributed by atoms with Crippen LogP contribution in [0.3, 0.4) is 0 Å². The van der Waals surface area contributed by atoms with Crippen molar-refractivity contribution in [3.8, 4) is 0 Å². The van der Waals surface area contributed by atoms with Crippen molar-refractivity contribution in [1.82, 2.24) is 0 Å². The topological polar surface area (TPSA) is 75.5 Å². The smallest absolute Gasteiger partial charge is 0.270 e. The lowest BCUT2D eigenvalue weighted by Gasteiger charge is -2.24. The van der Waals surface area contributed by atoms with Gasteiger partial charge in [0.1, 0.15) is 0 Å². The number of nitrogens with zero attached hydrogens (tertiary/aromatic N) is 2. The standard InChI is InChI=1S/C17H16BrN3O3/c1-11-8-12-4-2-3-5-16(12)20(11)10-17(22)19-15-7-6-13(21(23)24)9-14(15)18/h2-7,9,11H,8,10H2,1H3,(H,19,22)/t11-/m0/s1. The Bertz CT molecular complexity index is 809. The molecule has 0 fully saturated rings. The van der Waals surface area contributed by atoms with E-state index < -0.39 is 4.92 Å². The van der Waals surface area contributed by atoms with Gasteiger partial charge in [-0.25, -0.2) is 0 Å². The van der Waals surface area contributed by atoms with E-state index in [4.69, 9.17) is 0 Å². The minimum Gasteiger partial charge on any atom is -0.359 e. The average molecular weight is 390 g/mol. The van der Waals surface area contributed by atoms with Crippen LogP contribution in [0.1, 0.15) is 12.5 Å². The van der Waals surface area contributed by atoms with Crippen molar-refractivity contribution in [3.63, 3.8) is 0 Å². The van der Waals surface area contributed by atoms with Crippen LogP contribution < -0.4 is 10.2 Å². The van der Waals surface area contributed by atoms with E-state index in [1.165, 1.54) is 23.8 Å². The maximum Gasteiger partial charge on any atom is 0.270 e. The number of halogens is 1. The molecule has 0 unspecified atom stereocenters. The average Bonchev–Trinajstić information content (AvgIpc) is 2.85. The van der Waals surface area contributed by atoms with E-state index in [0.29, 0.717) is 10.2 Å². The molecule has 2 aromatic carbocycles. The molecular formula is C17H16BrN3O3. The zero-order valence-corrected chi connectivity index (χ0v) is 14.6. The zero-order valence-electron chi connectivity index (χ0n) is 13.0. The monoisotopic (exact) mass is 389 g/mol. The first-order chi connectivity index (χ1) is 11.5. The maximum absolute atomic E-state index is 12.4. The minimum atomic E-state index is -0.473. The number of hydrogen-bond acceptors (Lipinski definition) is 4. The maximum atomic E-state index is 12.4. The number of para-hydroxylation sites is 1. The Morgan fingerprint density at radius 1 is 1.38 bits per heavy atom. The second-order valence-corrected chi connectivity index (χ2v) is 6.63. The molecule has 0 radical (unpaired) electrons. The van der Waals surface area contributed by atoms with E-state index in [9.17, 15) is 14.9 Å². The van der Waals surface area contributed by atoms with Gasteiger partial charge in [-0.1, -0.05) is 18.2 Å². The van der Waals surface area contributed by atoms with Gasteiger partial charge in [-0.15, -0.1) is 0 Å². The van der Waals surface area contributed by atoms with Crippen LogP contribution >= 0.6 is 15.9 Å². The number of nitro benzene ring substituents is 1. The predicted octanol–water partition coefficient (Wildman–Crippen LogP) is 3.75. The molecule has 124 valence electrons. The van der Waals surface area contributed by atoms with Crippen molar-refractivity contribution in [3.05, 3.63) is 62.6 Å². The molecule has 0 saturated heterocycles. The first-order valence-corrected chi connectivity index (χ1v) is 8.33. The zero-order chi connectivity index (χ0) is 17.3. The molecule has 1 aliphatic rings. The van der Waals surface area contributed by atoms with Crippen LogP contribution in [0.5, 0.6) is 0 Å². The Labute approximate surface area is 147 Å². The van der Waals surface area contributed by atoms with Crippen molar-refractivity contribution < 1.29 is 9.72 Å². The van der Waals surface area contributed by atoms with Gasteiger partial charge in [0.25, 0.3) is 5.69 Å². The number of non-ortho nitro benzene ring substituents is 1. The Kier molecular flexibility index (Phi) is 4.53. The number of amides is 1. The summed E-state index contributed by atoms with van der Waals surface area (Å²) in [6, 6.07) is 12.6. The summed E-state index contributed by atoms with van der Waals surface area (Å²) in [6.45, 7) is 2.33. The van der Waals surface area contributed by atoms with Crippen molar-refractivity contribution in [1.29, 1.82) is 0 Å². The molecule has 0 aliphatic carbocycles. The molecule has 2 aromatic rings. The molecule has 0 aromatic heterocycles. The van der Waals surface area contributed by atoms with Crippen LogP contribution in [0, 0.1) is 10.1 Å². The first kappa shape index (κ1) is 16.4. The first-order valence-electron chi connectivity index (χ1n) is 7.54. The molecule has 1 heterocycles. The molecule has 1 atom stereocenters. The summed E-state index contributed by atoms with van der Waals surface area (Å²) in [4.78, 5) is 24.7. The Morgan fingerprint density at radius 2 is 2.12 bits per heavy atom. The number of nitro groups is 1. The summed E-state index contributed by atoms with van der Waals surface area (Å²) in [7, 11) is 0. The highest BCUT2D eigenvalue weighted by atomic mass is 79.9. The SMILES string of the molecule is C[C@H]1Cc2ccccc2N1CC(=O)Nc1ccc([N+](=O)[O-])cc1Br. The highest BCUT2D eigenvalue weighted by molar-refractivity contribution is 9.10. The number of rotatable bonds is 4. The molecule has 0 saturated carbocycles. The summed E-state index contributed by atoms with van der Waals surface area (Å²) < 4.78 is 0.486. The predicted molar refractivity (Wildman–Crippen MR) is 96.4 cm³/mol. The van der Waals surface area contributed by atoms with E-state index >= 15 is 0 Å². The fourth-order valence-corrected chi connectivity index (χ4v) is 3.40. The van der Waals surface area contributed by atoms with Crippen LogP contribution in [0.2, 0.25) is 0 Å². The molecule has 7 heteroatoms. The summed E-state index contributed by atoms with van der Waals surface area (Å²) in [5.74, 6) is -0.159. The lowest BCUT2D eigenvalue weighted by Crippen LogP contribution is -2.37. The van der Waals surface area contributed by atoms with Gasteiger partial charge >= 0.3 is 0 Å². The molecule has 1 aliphatic heterocycles. The number of fused-ring (bicyclic) bond motifs is 1. The molecule has 1 amide bonds. The summed E-state index contributed by atoms with van der Waals surface area (Å²) in [6.07, 6.45) is 0.921. The molecule has 0 bridgehead atoms. The van der Waals surface area contributed by atoms with Crippen LogP contribution in [-0.2, 0) is 11.2 Å². The van der Waals surface area contributed by atoms with E-state index in [2.05, 4.69) is 39.1 Å². The van der Waals surface area contributed by atoms with E-state index in [-0.39, 0.29) is 24.2 Å². The molecule has 24 heavy (non-hydrogen) atoms. The molecular weight excluding hydrogens is 374 g/mol. The number of carbonyl (C=O) groups excluding carboxylic acids is 1. The molecule has 1 N–H and O–H groups in total. The largest absolute Gasteiger partial charge is 0.359 e. The van der Waals surface area contributed by atoms with Gasteiger partial charge in [-0.2, -0.15) is 0 Å². The second kappa shape index (κ2) is 6.60.